The number of pyridine rings is 1. The van der Waals surface area contributed by atoms with E-state index in [1.165, 1.54) is 0 Å². The summed E-state index contributed by atoms with van der Waals surface area (Å²) in [6.07, 6.45) is 3.10. The number of carbonyl (C=O) groups is 1. The molecule has 1 saturated heterocycles. The number of nitriles is 1. The van der Waals surface area contributed by atoms with E-state index < -0.39 is 11.0 Å². The molecular weight excluding hydrogens is 384 g/mol. The molecule has 2 fully saturated rings. The fraction of sp³-hybridized carbons (Fsp3) is 0.611. The van der Waals surface area contributed by atoms with E-state index in [-0.39, 0.29) is 11.9 Å². The summed E-state index contributed by atoms with van der Waals surface area (Å²) in [5.41, 5.74) is 0.602. The largest absolute Gasteiger partial charge is 0.379 e. The van der Waals surface area contributed by atoms with Gasteiger partial charge >= 0.3 is 0 Å². The monoisotopic (exact) mass is 404 g/mol. The molecule has 3 heterocycles. The van der Waals surface area contributed by atoms with Gasteiger partial charge in [-0.25, -0.2) is 0 Å². The third-order valence-electron chi connectivity index (χ3n) is 5.78. The van der Waals surface area contributed by atoms with E-state index in [9.17, 15) is 10.1 Å². The van der Waals surface area contributed by atoms with E-state index in [1.54, 1.807) is 6.20 Å². The van der Waals surface area contributed by atoms with Crippen LogP contribution in [0.4, 0.5) is 5.69 Å². The molecular formula is C18H21BrN4O2. The van der Waals surface area contributed by atoms with E-state index in [0.29, 0.717) is 26.1 Å². The van der Waals surface area contributed by atoms with Gasteiger partial charge in [0.1, 0.15) is 5.54 Å². The number of rotatable bonds is 2. The molecule has 0 atom stereocenters. The summed E-state index contributed by atoms with van der Waals surface area (Å²) in [4.78, 5) is 21.7. The number of aromatic nitrogens is 1. The van der Waals surface area contributed by atoms with Gasteiger partial charge in [-0.05, 0) is 35.8 Å². The topological polar surface area (TPSA) is 69.5 Å². The molecule has 3 aliphatic rings. The van der Waals surface area contributed by atoms with Crippen molar-refractivity contribution >= 4 is 27.5 Å². The lowest BCUT2D eigenvalue weighted by Gasteiger charge is -2.53. The van der Waals surface area contributed by atoms with Crippen LogP contribution in [0.15, 0.2) is 16.7 Å². The van der Waals surface area contributed by atoms with Crippen LogP contribution >= 0.6 is 15.9 Å². The first kappa shape index (κ1) is 17.0. The Labute approximate surface area is 155 Å². The fourth-order valence-corrected chi connectivity index (χ4v) is 4.60. The number of carbonyl (C=O) groups excluding carboxylic acids is 1. The quantitative estimate of drug-likeness (QED) is 0.755. The van der Waals surface area contributed by atoms with Crippen molar-refractivity contribution in [2.45, 2.75) is 43.7 Å². The Balaban J connectivity index is 1.61. The standard InChI is InChI=1S/C18H21BrN4O2/c1-17(2)15-14(7-12(19)10-21-15)23(16(17)24)13-8-18(9-13,11-20)22-3-5-25-6-4-22/h7,10,13H,3-6,8-9H2,1-2H3/t13-,18+. The second-order valence-corrected chi connectivity index (χ2v) is 8.54. The van der Waals surface area contributed by atoms with Crippen LogP contribution in [0.5, 0.6) is 0 Å². The Morgan fingerprint density at radius 1 is 1.36 bits per heavy atom. The van der Waals surface area contributed by atoms with Crippen molar-refractivity contribution in [1.82, 2.24) is 9.88 Å². The molecule has 4 rings (SSSR count). The van der Waals surface area contributed by atoms with Crippen molar-refractivity contribution in [3.8, 4) is 6.07 Å². The molecule has 0 spiro atoms. The first-order valence-corrected chi connectivity index (χ1v) is 9.42. The molecule has 0 bridgehead atoms. The van der Waals surface area contributed by atoms with Gasteiger partial charge in [0.25, 0.3) is 0 Å². The predicted molar refractivity (Wildman–Crippen MR) is 96.2 cm³/mol. The lowest BCUT2D eigenvalue weighted by molar-refractivity contribution is -0.123. The second-order valence-electron chi connectivity index (χ2n) is 7.63. The number of amides is 1. The SMILES string of the molecule is CC1(C)C(=O)N([C@H]2C[C@@](C#N)(N3CCOCC3)C2)c2cc(Br)cnc21. The minimum absolute atomic E-state index is 0.0478. The van der Waals surface area contributed by atoms with Gasteiger partial charge in [-0.1, -0.05) is 0 Å². The molecule has 1 aromatic heterocycles. The predicted octanol–water partition coefficient (Wildman–Crippen LogP) is 2.23. The van der Waals surface area contributed by atoms with Crippen LogP contribution in [-0.2, 0) is 14.9 Å². The van der Waals surface area contributed by atoms with Crippen molar-refractivity contribution in [3.63, 3.8) is 0 Å². The molecule has 7 heteroatoms. The summed E-state index contributed by atoms with van der Waals surface area (Å²) >= 11 is 3.46. The number of halogens is 1. The first-order valence-electron chi connectivity index (χ1n) is 8.63. The maximum atomic E-state index is 13.1. The van der Waals surface area contributed by atoms with E-state index >= 15 is 0 Å². The second kappa shape index (κ2) is 5.76. The number of anilines is 1. The lowest BCUT2D eigenvalue weighted by atomic mass is 9.71. The highest BCUT2D eigenvalue weighted by molar-refractivity contribution is 9.10. The van der Waals surface area contributed by atoms with Crippen LogP contribution in [0.2, 0.25) is 0 Å². The van der Waals surface area contributed by atoms with Crippen LogP contribution in [0.25, 0.3) is 0 Å². The normalized spacial score (nSPS) is 31.4. The van der Waals surface area contributed by atoms with E-state index in [4.69, 9.17) is 4.74 Å². The Bertz CT molecular complexity index is 761. The summed E-state index contributed by atoms with van der Waals surface area (Å²) in [6, 6.07) is 4.53. The van der Waals surface area contributed by atoms with Crippen molar-refractivity contribution in [1.29, 1.82) is 5.26 Å². The van der Waals surface area contributed by atoms with Crippen molar-refractivity contribution < 1.29 is 9.53 Å². The fourth-order valence-electron chi connectivity index (χ4n) is 4.28. The van der Waals surface area contributed by atoms with E-state index in [0.717, 1.165) is 28.9 Å². The van der Waals surface area contributed by atoms with Gasteiger partial charge < -0.3 is 9.64 Å². The number of fused-ring (bicyclic) bond motifs is 1. The molecule has 2 aliphatic heterocycles. The van der Waals surface area contributed by atoms with Crippen LogP contribution in [0.3, 0.4) is 0 Å². The zero-order valence-corrected chi connectivity index (χ0v) is 16.0. The summed E-state index contributed by atoms with van der Waals surface area (Å²) in [5.74, 6) is 0.0756. The maximum absolute atomic E-state index is 13.1. The van der Waals surface area contributed by atoms with Gasteiger partial charge in [-0.15, -0.1) is 0 Å². The number of morpholine rings is 1. The van der Waals surface area contributed by atoms with Crippen LogP contribution < -0.4 is 4.90 Å². The summed E-state index contributed by atoms with van der Waals surface area (Å²) in [6.45, 7) is 6.75. The average Bonchev–Trinajstić information content (AvgIpc) is 2.75. The van der Waals surface area contributed by atoms with Crippen LogP contribution in [-0.4, -0.2) is 53.7 Å². The Morgan fingerprint density at radius 3 is 2.68 bits per heavy atom. The summed E-state index contributed by atoms with van der Waals surface area (Å²) in [7, 11) is 0. The zero-order valence-electron chi connectivity index (χ0n) is 14.5. The molecule has 0 aromatic carbocycles. The molecule has 25 heavy (non-hydrogen) atoms. The van der Waals surface area contributed by atoms with Gasteiger partial charge in [0.05, 0.1) is 36.1 Å². The summed E-state index contributed by atoms with van der Waals surface area (Å²) in [5, 5.41) is 9.80. The number of hydrogen-bond acceptors (Lipinski definition) is 5. The van der Waals surface area contributed by atoms with Crippen LogP contribution in [0, 0.1) is 11.3 Å². The molecule has 1 amide bonds. The van der Waals surface area contributed by atoms with Gasteiger partial charge in [0.15, 0.2) is 0 Å². The molecule has 0 N–H and O–H groups in total. The molecule has 0 radical (unpaired) electrons. The highest BCUT2D eigenvalue weighted by atomic mass is 79.9. The highest BCUT2D eigenvalue weighted by Gasteiger charge is 2.57. The maximum Gasteiger partial charge on any atom is 0.239 e. The lowest BCUT2D eigenvalue weighted by Crippen LogP contribution is -2.65. The molecule has 6 nitrogen and oxygen atoms in total. The van der Waals surface area contributed by atoms with Crippen molar-refractivity contribution in [2.24, 2.45) is 0 Å². The Kier molecular flexibility index (Phi) is 3.91. The van der Waals surface area contributed by atoms with Crippen molar-refractivity contribution in [3.05, 3.63) is 22.4 Å². The highest BCUT2D eigenvalue weighted by Crippen LogP contribution is 2.49. The van der Waals surface area contributed by atoms with Gasteiger partial charge in [-0.2, -0.15) is 5.26 Å². The molecule has 1 saturated carbocycles. The third kappa shape index (κ3) is 2.42. The van der Waals surface area contributed by atoms with Crippen LogP contribution in [0.1, 0.15) is 32.4 Å². The smallest absolute Gasteiger partial charge is 0.239 e. The summed E-state index contributed by atoms with van der Waals surface area (Å²) < 4.78 is 6.27. The number of ether oxygens (including phenoxy) is 1. The minimum Gasteiger partial charge on any atom is -0.379 e. The van der Waals surface area contributed by atoms with E-state index in [2.05, 4.69) is 31.9 Å². The van der Waals surface area contributed by atoms with Gasteiger partial charge in [0, 0.05) is 42.6 Å². The number of nitrogens with zero attached hydrogens (tertiary/aromatic N) is 4. The zero-order chi connectivity index (χ0) is 17.8. The minimum atomic E-state index is -0.625. The number of hydrogen-bond donors (Lipinski definition) is 0. The molecule has 132 valence electrons. The molecule has 0 unspecified atom stereocenters. The molecule has 1 aliphatic carbocycles. The Morgan fingerprint density at radius 2 is 2.04 bits per heavy atom. The average molecular weight is 405 g/mol. The molecule has 1 aromatic rings. The van der Waals surface area contributed by atoms with Gasteiger partial charge in [-0.3, -0.25) is 14.7 Å². The Hall–Kier alpha value is -1.49. The first-order chi connectivity index (χ1) is 11.9. The van der Waals surface area contributed by atoms with E-state index in [1.807, 2.05) is 24.8 Å². The third-order valence-corrected chi connectivity index (χ3v) is 6.21. The van der Waals surface area contributed by atoms with Crippen molar-refractivity contribution in [2.75, 3.05) is 31.2 Å². The van der Waals surface area contributed by atoms with Gasteiger partial charge in [0.2, 0.25) is 5.91 Å².